The SMILES string of the molecule is CCc1cccc(/N=N/SNC=O)c1CC. The Kier molecular flexibility index (Phi) is 5.56. The summed E-state index contributed by atoms with van der Waals surface area (Å²) >= 11 is 0.921. The van der Waals surface area contributed by atoms with Gasteiger partial charge in [0.2, 0.25) is 6.41 Å². The normalized spacial score (nSPS) is 10.6. The highest BCUT2D eigenvalue weighted by Gasteiger charge is 2.04. The second kappa shape index (κ2) is 7.00. The molecule has 0 saturated carbocycles. The van der Waals surface area contributed by atoms with Gasteiger partial charge in [0.05, 0.1) is 5.69 Å². The molecule has 1 N–H and O–H groups in total. The van der Waals surface area contributed by atoms with Gasteiger partial charge in [0.1, 0.15) is 12.1 Å². The van der Waals surface area contributed by atoms with Crippen molar-refractivity contribution in [3.8, 4) is 0 Å². The Hall–Kier alpha value is -1.36. The average molecular weight is 237 g/mol. The molecular formula is C11H15N3OS. The fourth-order valence-electron chi connectivity index (χ4n) is 1.56. The maximum absolute atomic E-state index is 10.0. The smallest absolute Gasteiger partial charge is 0.218 e. The zero-order valence-electron chi connectivity index (χ0n) is 9.43. The first-order chi connectivity index (χ1) is 7.83. The van der Waals surface area contributed by atoms with Crippen LogP contribution in [0.5, 0.6) is 0 Å². The van der Waals surface area contributed by atoms with E-state index in [9.17, 15) is 4.79 Å². The van der Waals surface area contributed by atoms with Gasteiger partial charge in [-0.25, -0.2) is 0 Å². The first kappa shape index (κ1) is 12.7. The molecule has 1 amide bonds. The van der Waals surface area contributed by atoms with Gasteiger partial charge in [0.25, 0.3) is 0 Å². The zero-order valence-corrected chi connectivity index (χ0v) is 10.3. The van der Waals surface area contributed by atoms with E-state index in [0.717, 1.165) is 30.7 Å². The molecule has 0 radical (unpaired) electrons. The van der Waals surface area contributed by atoms with Crippen LogP contribution in [0.25, 0.3) is 0 Å². The van der Waals surface area contributed by atoms with Crippen molar-refractivity contribution in [2.75, 3.05) is 0 Å². The fourth-order valence-corrected chi connectivity index (χ4v) is 1.78. The largest absolute Gasteiger partial charge is 0.282 e. The lowest BCUT2D eigenvalue weighted by atomic mass is 10.0. The summed E-state index contributed by atoms with van der Waals surface area (Å²) in [6.45, 7) is 4.22. The third kappa shape index (κ3) is 3.34. The molecule has 0 bridgehead atoms. The van der Waals surface area contributed by atoms with E-state index in [1.807, 2.05) is 12.1 Å². The Morgan fingerprint density at radius 1 is 1.38 bits per heavy atom. The lowest BCUT2D eigenvalue weighted by Crippen LogP contribution is -1.94. The van der Waals surface area contributed by atoms with Gasteiger partial charge in [0.15, 0.2) is 0 Å². The summed E-state index contributed by atoms with van der Waals surface area (Å²) in [5.74, 6) is 0. The van der Waals surface area contributed by atoms with E-state index in [4.69, 9.17) is 0 Å². The van der Waals surface area contributed by atoms with E-state index in [2.05, 4.69) is 34.3 Å². The van der Waals surface area contributed by atoms with Crippen molar-refractivity contribution in [2.45, 2.75) is 26.7 Å². The van der Waals surface area contributed by atoms with Gasteiger partial charge in [-0.3, -0.25) is 9.52 Å². The minimum atomic E-state index is 0.576. The third-order valence-electron chi connectivity index (χ3n) is 2.27. The molecule has 1 rings (SSSR count). The van der Waals surface area contributed by atoms with Crippen LogP contribution in [-0.2, 0) is 17.6 Å². The van der Waals surface area contributed by atoms with Gasteiger partial charge in [0, 0.05) is 0 Å². The van der Waals surface area contributed by atoms with Crippen LogP contribution < -0.4 is 4.72 Å². The average Bonchev–Trinajstić information content (AvgIpc) is 2.34. The van der Waals surface area contributed by atoms with Crippen LogP contribution in [0.3, 0.4) is 0 Å². The summed E-state index contributed by atoms with van der Waals surface area (Å²) in [5, 5.41) is 4.09. The fraction of sp³-hybridized carbons (Fsp3) is 0.364. The number of carbonyl (C=O) groups excluding carboxylic acids is 1. The van der Waals surface area contributed by atoms with Crippen molar-refractivity contribution in [3.05, 3.63) is 29.3 Å². The highest BCUT2D eigenvalue weighted by molar-refractivity contribution is 7.96. The quantitative estimate of drug-likeness (QED) is 0.357. The molecule has 0 atom stereocenters. The molecular weight excluding hydrogens is 222 g/mol. The number of nitrogens with one attached hydrogen (secondary N) is 1. The molecule has 0 heterocycles. The monoisotopic (exact) mass is 237 g/mol. The molecule has 0 saturated heterocycles. The van der Waals surface area contributed by atoms with Crippen molar-refractivity contribution >= 4 is 24.2 Å². The van der Waals surface area contributed by atoms with Crippen molar-refractivity contribution in [3.63, 3.8) is 0 Å². The zero-order chi connectivity index (χ0) is 11.8. The van der Waals surface area contributed by atoms with Crippen LogP contribution >= 0.6 is 12.1 Å². The van der Waals surface area contributed by atoms with Gasteiger partial charge in [-0.2, -0.15) is 0 Å². The van der Waals surface area contributed by atoms with Crippen molar-refractivity contribution in [2.24, 2.45) is 9.63 Å². The van der Waals surface area contributed by atoms with Crippen molar-refractivity contribution in [1.29, 1.82) is 0 Å². The predicted molar refractivity (Wildman–Crippen MR) is 66.5 cm³/mol. The van der Waals surface area contributed by atoms with Crippen molar-refractivity contribution < 1.29 is 4.79 Å². The number of carbonyl (C=O) groups is 1. The van der Waals surface area contributed by atoms with E-state index in [0.29, 0.717) is 6.41 Å². The molecule has 0 aliphatic heterocycles. The summed E-state index contributed by atoms with van der Waals surface area (Å²) in [4.78, 5) is 10.0. The lowest BCUT2D eigenvalue weighted by Gasteiger charge is -2.07. The topological polar surface area (TPSA) is 53.8 Å². The lowest BCUT2D eigenvalue weighted by molar-refractivity contribution is -0.107. The van der Waals surface area contributed by atoms with E-state index >= 15 is 0 Å². The molecule has 16 heavy (non-hydrogen) atoms. The Morgan fingerprint density at radius 2 is 2.19 bits per heavy atom. The molecule has 86 valence electrons. The Bertz CT molecular complexity index is 379. The van der Waals surface area contributed by atoms with Gasteiger partial charge in [-0.15, -0.1) is 5.11 Å². The number of benzene rings is 1. The van der Waals surface area contributed by atoms with E-state index in [-0.39, 0.29) is 0 Å². The first-order valence-electron chi connectivity index (χ1n) is 5.20. The van der Waals surface area contributed by atoms with Gasteiger partial charge >= 0.3 is 0 Å². The number of amides is 1. The number of rotatable bonds is 6. The highest BCUT2D eigenvalue weighted by atomic mass is 32.2. The third-order valence-corrected chi connectivity index (χ3v) is 2.64. The van der Waals surface area contributed by atoms with Gasteiger partial charge in [-0.1, -0.05) is 30.5 Å². The Morgan fingerprint density at radius 3 is 2.81 bits per heavy atom. The highest BCUT2D eigenvalue weighted by Crippen LogP contribution is 2.25. The molecule has 0 aliphatic rings. The number of nitrogens with zero attached hydrogens (tertiary/aromatic N) is 2. The molecule has 0 aromatic heterocycles. The van der Waals surface area contributed by atoms with Crippen LogP contribution in [0.4, 0.5) is 5.69 Å². The predicted octanol–water partition coefficient (Wildman–Crippen LogP) is 3.20. The standard InChI is InChI=1S/C11H15N3OS/c1-3-9-6-5-7-11(10(9)4-2)13-14-16-12-8-15/h5-8H,3-4H2,1-2H3,(H,12,15)/b14-13+. The van der Waals surface area contributed by atoms with Gasteiger partial charge < -0.3 is 0 Å². The molecule has 1 aromatic rings. The van der Waals surface area contributed by atoms with Crippen LogP contribution in [0.1, 0.15) is 25.0 Å². The minimum Gasteiger partial charge on any atom is -0.282 e. The Labute approximate surface area is 99.8 Å². The van der Waals surface area contributed by atoms with Crippen LogP contribution in [0.2, 0.25) is 0 Å². The van der Waals surface area contributed by atoms with Crippen LogP contribution in [0.15, 0.2) is 27.8 Å². The number of aryl methyl sites for hydroxylation is 1. The minimum absolute atomic E-state index is 0.576. The van der Waals surface area contributed by atoms with Crippen molar-refractivity contribution in [1.82, 2.24) is 4.72 Å². The maximum Gasteiger partial charge on any atom is 0.218 e. The second-order valence-corrected chi connectivity index (χ2v) is 3.71. The molecule has 0 unspecified atom stereocenters. The number of hydrogen-bond acceptors (Lipinski definition) is 4. The molecule has 0 fully saturated rings. The number of hydrogen-bond donors (Lipinski definition) is 1. The maximum atomic E-state index is 10.0. The second-order valence-electron chi connectivity index (χ2n) is 3.13. The van der Waals surface area contributed by atoms with Crippen LogP contribution in [0, 0.1) is 0 Å². The molecule has 4 nitrogen and oxygen atoms in total. The summed E-state index contributed by atoms with van der Waals surface area (Å²) in [6, 6.07) is 6.02. The van der Waals surface area contributed by atoms with E-state index < -0.39 is 0 Å². The summed E-state index contributed by atoms with van der Waals surface area (Å²) in [5.41, 5.74) is 3.40. The van der Waals surface area contributed by atoms with Crippen LogP contribution in [-0.4, -0.2) is 6.41 Å². The summed E-state index contributed by atoms with van der Waals surface area (Å²) in [7, 11) is 0. The summed E-state index contributed by atoms with van der Waals surface area (Å²) < 4.78 is 6.17. The van der Waals surface area contributed by atoms with E-state index in [1.165, 1.54) is 11.1 Å². The molecule has 0 aliphatic carbocycles. The molecule has 0 spiro atoms. The first-order valence-corrected chi connectivity index (χ1v) is 5.97. The van der Waals surface area contributed by atoms with Gasteiger partial charge in [-0.05, 0) is 30.0 Å². The Balaban J connectivity index is 2.86. The molecule has 5 heteroatoms. The molecule has 1 aromatic carbocycles. The summed E-state index contributed by atoms with van der Waals surface area (Å²) in [6.07, 6.45) is 2.50. The van der Waals surface area contributed by atoms with E-state index in [1.54, 1.807) is 0 Å².